The molecule has 0 spiro atoms. The molecule has 0 aliphatic carbocycles. The molecule has 4 atom stereocenters. The SMILES string of the molecule is CC1=C(C)N2C(=O)[C@H]([C@@H](C)O)[C@H]2[C@H]1C. The van der Waals surface area contributed by atoms with Gasteiger partial charge in [-0.2, -0.15) is 0 Å². The molecule has 2 aliphatic rings. The number of fused-ring (bicyclic) bond motifs is 1. The molecule has 0 aromatic carbocycles. The minimum atomic E-state index is -0.523. The fourth-order valence-electron chi connectivity index (χ4n) is 2.72. The molecule has 0 radical (unpaired) electrons. The second kappa shape index (κ2) is 2.83. The average molecular weight is 195 g/mol. The monoisotopic (exact) mass is 195 g/mol. The zero-order valence-corrected chi connectivity index (χ0v) is 9.11. The summed E-state index contributed by atoms with van der Waals surface area (Å²) < 4.78 is 0. The van der Waals surface area contributed by atoms with Crippen LogP contribution in [-0.2, 0) is 4.79 Å². The third-order valence-corrected chi connectivity index (χ3v) is 3.84. The largest absolute Gasteiger partial charge is 0.393 e. The van der Waals surface area contributed by atoms with Crippen molar-refractivity contribution in [3.8, 4) is 0 Å². The van der Waals surface area contributed by atoms with Crippen molar-refractivity contribution in [2.75, 3.05) is 0 Å². The van der Waals surface area contributed by atoms with E-state index in [9.17, 15) is 9.90 Å². The third kappa shape index (κ3) is 0.934. The summed E-state index contributed by atoms with van der Waals surface area (Å²) >= 11 is 0. The fraction of sp³-hybridized carbons (Fsp3) is 0.727. The van der Waals surface area contributed by atoms with Crippen molar-refractivity contribution in [2.45, 2.75) is 39.8 Å². The minimum absolute atomic E-state index is 0.0891. The maximum Gasteiger partial charge on any atom is 0.234 e. The summed E-state index contributed by atoms with van der Waals surface area (Å²) in [6.45, 7) is 7.90. The van der Waals surface area contributed by atoms with Gasteiger partial charge in [0.1, 0.15) is 0 Å². The smallest absolute Gasteiger partial charge is 0.234 e. The lowest BCUT2D eigenvalue weighted by molar-refractivity contribution is -0.159. The molecule has 2 heterocycles. The van der Waals surface area contributed by atoms with Gasteiger partial charge >= 0.3 is 0 Å². The first-order valence-corrected chi connectivity index (χ1v) is 5.15. The van der Waals surface area contributed by atoms with E-state index in [1.54, 1.807) is 6.92 Å². The Morgan fingerprint density at radius 1 is 1.43 bits per heavy atom. The number of β-lactam (4-membered cyclic amide) rings is 1. The molecule has 1 N–H and O–H groups in total. The van der Waals surface area contributed by atoms with Crippen LogP contribution in [0.4, 0.5) is 0 Å². The van der Waals surface area contributed by atoms with Crippen LogP contribution < -0.4 is 0 Å². The van der Waals surface area contributed by atoms with E-state index in [0.717, 1.165) is 5.70 Å². The lowest BCUT2D eigenvalue weighted by atomic mass is 9.78. The lowest BCUT2D eigenvalue weighted by Gasteiger charge is -2.46. The maximum absolute atomic E-state index is 11.7. The summed E-state index contributed by atoms with van der Waals surface area (Å²) in [7, 11) is 0. The number of amides is 1. The van der Waals surface area contributed by atoms with Gasteiger partial charge in [0, 0.05) is 11.6 Å². The molecule has 3 heteroatoms. The van der Waals surface area contributed by atoms with Crippen molar-refractivity contribution in [1.82, 2.24) is 4.90 Å². The number of hydrogen-bond donors (Lipinski definition) is 1. The molecular weight excluding hydrogens is 178 g/mol. The van der Waals surface area contributed by atoms with E-state index in [0.29, 0.717) is 5.92 Å². The van der Waals surface area contributed by atoms with E-state index in [4.69, 9.17) is 0 Å². The molecule has 1 amide bonds. The van der Waals surface area contributed by atoms with Crippen molar-refractivity contribution in [3.05, 3.63) is 11.3 Å². The number of hydrogen-bond acceptors (Lipinski definition) is 2. The predicted molar refractivity (Wildman–Crippen MR) is 53.3 cm³/mol. The number of aliphatic hydroxyl groups is 1. The second-order valence-corrected chi connectivity index (χ2v) is 4.52. The zero-order chi connectivity index (χ0) is 10.6. The summed E-state index contributed by atoms with van der Waals surface area (Å²) in [5, 5.41) is 9.51. The van der Waals surface area contributed by atoms with Gasteiger partial charge in [0.25, 0.3) is 0 Å². The van der Waals surface area contributed by atoms with Crippen LogP contribution in [0.3, 0.4) is 0 Å². The topological polar surface area (TPSA) is 40.5 Å². The molecule has 0 saturated carbocycles. The zero-order valence-electron chi connectivity index (χ0n) is 9.11. The molecular formula is C11H17NO2. The summed E-state index contributed by atoms with van der Waals surface area (Å²) in [6, 6.07) is 0.211. The van der Waals surface area contributed by atoms with Crippen molar-refractivity contribution in [2.24, 2.45) is 11.8 Å². The predicted octanol–water partition coefficient (Wildman–Crippen LogP) is 1.14. The van der Waals surface area contributed by atoms with E-state index in [-0.39, 0.29) is 17.9 Å². The number of aliphatic hydroxyl groups excluding tert-OH is 1. The van der Waals surface area contributed by atoms with Gasteiger partial charge in [-0.25, -0.2) is 0 Å². The fourth-order valence-corrected chi connectivity index (χ4v) is 2.72. The molecule has 2 aliphatic heterocycles. The maximum atomic E-state index is 11.7. The standard InChI is InChI=1S/C11H17NO2/c1-5-6(2)10-9(8(4)13)11(14)12(10)7(5)3/h6,8-10,13H,1-4H3/t6-,8+,9+,10+/m0/s1. The number of nitrogens with zero attached hydrogens (tertiary/aromatic N) is 1. The van der Waals surface area contributed by atoms with Crippen LogP contribution in [0.2, 0.25) is 0 Å². The summed E-state index contributed by atoms with van der Waals surface area (Å²) in [5.41, 5.74) is 2.37. The molecule has 78 valence electrons. The van der Waals surface area contributed by atoms with Crippen LogP contribution in [-0.4, -0.2) is 28.1 Å². The van der Waals surface area contributed by atoms with Gasteiger partial charge in [-0.05, 0) is 26.3 Å². The molecule has 1 saturated heterocycles. The van der Waals surface area contributed by atoms with Gasteiger partial charge < -0.3 is 10.0 Å². The Bertz CT molecular complexity index is 319. The summed E-state index contributed by atoms with van der Waals surface area (Å²) in [6.07, 6.45) is -0.523. The molecule has 3 nitrogen and oxygen atoms in total. The van der Waals surface area contributed by atoms with E-state index in [1.165, 1.54) is 5.57 Å². The number of carbonyl (C=O) groups is 1. The van der Waals surface area contributed by atoms with Crippen LogP contribution in [0.15, 0.2) is 11.3 Å². The van der Waals surface area contributed by atoms with Crippen molar-refractivity contribution < 1.29 is 9.90 Å². The molecule has 14 heavy (non-hydrogen) atoms. The van der Waals surface area contributed by atoms with E-state index in [2.05, 4.69) is 13.8 Å². The highest BCUT2D eigenvalue weighted by atomic mass is 16.3. The molecule has 0 aromatic rings. The van der Waals surface area contributed by atoms with Crippen LogP contribution in [0.1, 0.15) is 27.7 Å². The van der Waals surface area contributed by atoms with Crippen molar-refractivity contribution in [3.63, 3.8) is 0 Å². The third-order valence-electron chi connectivity index (χ3n) is 3.84. The first-order valence-electron chi connectivity index (χ1n) is 5.15. The number of allylic oxidation sites excluding steroid dienone is 1. The minimum Gasteiger partial charge on any atom is -0.393 e. The number of rotatable bonds is 1. The van der Waals surface area contributed by atoms with Crippen LogP contribution >= 0.6 is 0 Å². The highest BCUT2D eigenvalue weighted by Gasteiger charge is 2.56. The summed E-state index contributed by atoms with van der Waals surface area (Å²) in [5.74, 6) is 0.302. The molecule has 0 aromatic heterocycles. The Balaban J connectivity index is 2.29. The highest BCUT2D eigenvalue weighted by Crippen LogP contribution is 2.46. The lowest BCUT2D eigenvalue weighted by Crippen LogP contribution is -2.62. The van der Waals surface area contributed by atoms with Crippen molar-refractivity contribution >= 4 is 5.91 Å². The summed E-state index contributed by atoms with van der Waals surface area (Å²) in [4.78, 5) is 13.6. The van der Waals surface area contributed by atoms with Gasteiger partial charge in [0.15, 0.2) is 0 Å². The first-order chi connectivity index (χ1) is 6.46. The molecule has 0 unspecified atom stereocenters. The van der Waals surface area contributed by atoms with Crippen molar-refractivity contribution in [1.29, 1.82) is 0 Å². The quantitative estimate of drug-likeness (QED) is 0.637. The molecule has 0 bridgehead atoms. The average Bonchev–Trinajstić information content (AvgIpc) is 2.26. The Morgan fingerprint density at radius 3 is 2.50 bits per heavy atom. The molecule has 2 rings (SSSR count). The first kappa shape index (κ1) is 9.71. The second-order valence-electron chi connectivity index (χ2n) is 4.52. The van der Waals surface area contributed by atoms with E-state index in [1.807, 2.05) is 11.8 Å². The van der Waals surface area contributed by atoms with Gasteiger partial charge in [0.2, 0.25) is 5.91 Å². The van der Waals surface area contributed by atoms with Crippen LogP contribution in [0, 0.1) is 11.8 Å². The number of carbonyl (C=O) groups excluding carboxylic acids is 1. The Hall–Kier alpha value is -0.830. The van der Waals surface area contributed by atoms with Crippen LogP contribution in [0.5, 0.6) is 0 Å². The Kier molecular flexibility index (Phi) is 1.96. The Morgan fingerprint density at radius 2 is 2.00 bits per heavy atom. The highest BCUT2D eigenvalue weighted by molar-refractivity contribution is 5.89. The molecule has 1 fully saturated rings. The van der Waals surface area contributed by atoms with E-state index >= 15 is 0 Å². The van der Waals surface area contributed by atoms with Gasteiger partial charge in [-0.15, -0.1) is 0 Å². The van der Waals surface area contributed by atoms with Gasteiger partial charge in [-0.1, -0.05) is 6.92 Å². The Labute approximate surface area is 84.4 Å². The van der Waals surface area contributed by atoms with Gasteiger partial charge in [0.05, 0.1) is 18.1 Å². The van der Waals surface area contributed by atoms with Crippen LogP contribution in [0.25, 0.3) is 0 Å². The van der Waals surface area contributed by atoms with Gasteiger partial charge in [-0.3, -0.25) is 4.79 Å². The van der Waals surface area contributed by atoms with E-state index < -0.39 is 6.10 Å². The normalized spacial score (nSPS) is 38.5.